The zero-order valence-corrected chi connectivity index (χ0v) is 15.8. The summed E-state index contributed by atoms with van der Waals surface area (Å²) < 4.78 is 2.25. The number of carbonyl (C=O) groups is 2. The number of anilines is 1. The molecule has 28 heavy (non-hydrogen) atoms. The van der Waals surface area contributed by atoms with Gasteiger partial charge in [0.2, 0.25) is 5.91 Å². The molecule has 0 unspecified atom stereocenters. The van der Waals surface area contributed by atoms with Crippen LogP contribution in [-0.2, 0) is 18.9 Å². The van der Waals surface area contributed by atoms with Crippen LogP contribution in [0.2, 0.25) is 0 Å². The van der Waals surface area contributed by atoms with Crippen molar-refractivity contribution < 1.29 is 9.59 Å². The molecule has 8 heteroatoms. The number of aryl methyl sites for hydroxylation is 1. The molecule has 1 fully saturated rings. The lowest BCUT2D eigenvalue weighted by atomic mass is 10.1. The van der Waals surface area contributed by atoms with E-state index in [1.54, 1.807) is 29.2 Å². The van der Waals surface area contributed by atoms with Gasteiger partial charge in [-0.05, 0) is 37.1 Å². The van der Waals surface area contributed by atoms with Gasteiger partial charge in [-0.2, -0.15) is 0 Å². The molecular formula is C20H22N4O4. The van der Waals surface area contributed by atoms with Crippen LogP contribution in [0.3, 0.4) is 0 Å². The Kier molecular flexibility index (Phi) is 5.58. The van der Waals surface area contributed by atoms with Crippen LogP contribution in [0.15, 0.2) is 46.1 Å². The van der Waals surface area contributed by atoms with E-state index in [0.717, 1.165) is 30.5 Å². The maximum atomic E-state index is 12.5. The Hall–Kier alpha value is -3.42. The lowest BCUT2D eigenvalue weighted by Gasteiger charge is -2.15. The van der Waals surface area contributed by atoms with Crippen LogP contribution in [0, 0.1) is 0 Å². The van der Waals surface area contributed by atoms with Gasteiger partial charge < -0.3 is 14.8 Å². The van der Waals surface area contributed by atoms with Crippen molar-refractivity contribution in [3.63, 3.8) is 0 Å². The van der Waals surface area contributed by atoms with Crippen LogP contribution in [0.5, 0.6) is 0 Å². The molecule has 1 aromatic heterocycles. The van der Waals surface area contributed by atoms with E-state index in [2.05, 4.69) is 5.32 Å². The van der Waals surface area contributed by atoms with E-state index in [0.29, 0.717) is 11.3 Å². The molecule has 0 saturated carbocycles. The van der Waals surface area contributed by atoms with E-state index < -0.39 is 17.2 Å². The highest BCUT2D eigenvalue weighted by Crippen LogP contribution is 2.16. The van der Waals surface area contributed by atoms with Gasteiger partial charge in [0, 0.05) is 50.7 Å². The van der Waals surface area contributed by atoms with Gasteiger partial charge in [-0.3, -0.25) is 19.0 Å². The van der Waals surface area contributed by atoms with Gasteiger partial charge in [-0.25, -0.2) is 4.79 Å². The van der Waals surface area contributed by atoms with Crippen LogP contribution in [0.1, 0.15) is 28.8 Å². The van der Waals surface area contributed by atoms with Gasteiger partial charge >= 0.3 is 5.69 Å². The average Bonchev–Trinajstić information content (AvgIpc) is 3.22. The van der Waals surface area contributed by atoms with Crippen LogP contribution in [-0.4, -0.2) is 38.9 Å². The molecule has 2 amide bonds. The van der Waals surface area contributed by atoms with Crippen molar-refractivity contribution in [1.82, 2.24) is 14.0 Å². The van der Waals surface area contributed by atoms with Gasteiger partial charge in [-0.15, -0.1) is 0 Å². The van der Waals surface area contributed by atoms with Crippen molar-refractivity contribution in [3.8, 4) is 0 Å². The van der Waals surface area contributed by atoms with E-state index >= 15 is 0 Å². The first-order valence-electron chi connectivity index (χ1n) is 9.02. The van der Waals surface area contributed by atoms with Crippen LogP contribution < -0.4 is 16.6 Å². The largest absolute Gasteiger partial charge is 0.339 e. The number of rotatable bonds is 4. The predicted molar refractivity (Wildman–Crippen MR) is 106 cm³/mol. The molecule has 146 valence electrons. The number of aromatic nitrogens is 2. The fraction of sp³-hybridized carbons (Fsp3) is 0.300. The van der Waals surface area contributed by atoms with Gasteiger partial charge in [0.05, 0.1) is 5.56 Å². The summed E-state index contributed by atoms with van der Waals surface area (Å²) in [5.74, 6) is -0.487. The fourth-order valence-electron chi connectivity index (χ4n) is 3.13. The normalized spacial score (nSPS) is 13.9. The molecule has 0 radical (unpaired) electrons. The van der Waals surface area contributed by atoms with Crippen molar-refractivity contribution in [2.45, 2.75) is 12.8 Å². The Morgan fingerprint density at radius 2 is 1.82 bits per heavy atom. The second kappa shape index (κ2) is 8.08. The summed E-state index contributed by atoms with van der Waals surface area (Å²) >= 11 is 0. The third-order valence-electron chi connectivity index (χ3n) is 4.66. The Morgan fingerprint density at radius 1 is 1.11 bits per heavy atom. The minimum atomic E-state index is -0.481. The average molecular weight is 382 g/mol. The SMILES string of the molecule is Cn1cc(/C=C/C(=O)Nc2cccc(C(=O)N3CCCC3)c2)c(=O)n(C)c1=O. The second-order valence-corrected chi connectivity index (χ2v) is 6.74. The number of hydrogen-bond donors (Lipinski definition) is 1. The first kappa shape index (κ1) is 19.3. The van der Waals surface area contributed by atoms with E-state index in [9.17, 15) is 19.2 Å². The molecule has 8 nitrogen and oxygen atoms in total. The van der Waals surface area contributed by atoms with Gasteiger partial charge in [-0.1, -0.05) is 6.07 Å². The molecule has 1 N–H and O–H groups in total. The summed E-state index contributed by atoms with van der Waals surface area (Å²) in [5.41, 5.74) is 0.317. The van der Waals surface area contributed by atoms with E-state index in [-0.39, 0.29) is 11.5 Å². The molecule has 1 aliphatic rings. The molecule has 1 aliphatic heterocycles. The third-order valence-corrected chi connectivity index (χ3v) is 4.66. The van der Waals surface area contributed by atoms with Crippen molar-refractivity contribution in [2.75, 3.05) is 18.4 Å². The molecule has 1 aromatic carbocycles. The van der Waals surface area contributed by atoms with Crippen molar-refractivity contribution in [2.24, 2.45) is 14.1 Å². The summed E-state index contributed by atoms with van der Waals surface area (Å²) in [7, 11) is 2.91. The quantitative estimate of drug-likeness (QED) is 0.798. The predicted octanol–water partition coefficient (Wildman–Crippen LogP) is 0.972. The fourth-order valence-corrected chi connectivity index (χ4v) is 3.13. The number of nitrogens with one attached hydrogen (secondary N) is 1. The first-order valence-corrected chi connectivity index (χ1v) is 9.02. The van der Waals surface area contributed by atoms with E-state index in [4.69, 9.17) is 0 Å². The second-order valence-electron chi connectivity index (χ2n) is 6.74. The standard InChI is InChI=1S/C20H22N4O4/c1-22-13-15(18(26)23(2)20(22)28)8-9-17(25)21-16-7-5-6-14(12-16)19(27)24-10-3-4-11-24/h5-9,12-13H,3-4,10-11H2,1-2H3,(H,21,25)/b9-8+. The Morgan fingerprint density at radius 3 is 2.54 bits per heavy atom. The molecule has 1 saturated heterocycles. The van der Waals surface area contributed by atoms with Gasteiger partial charge in [0.25, 0.3) is 11.5 Å². The highest BCUT2D eigenvalue weighted by atomic mass is 16.2. The Bertz CT molecular complexity index is 1060. The number of nitrogens with zero attached hydrogens (tertiary/aromatic N) is 3. The van der Waals surface area contributed by atoms with Crippen LogP contribution in [0.4, 0.5) is 5.69 Å². The zero-order chi connectivity index (χ0) is 20.3. The van der Waals surface area contributed by atoms with Gasteiger partial charge in [0.1, 0.15) is 0 Å². The minimum absolute atomic E-state index is 0.0437. The van der Waals surface area contributed by atoms with E-state index in [1.165, 1.54) is 37.0 Å². The summed E-state index contributed by atoms with van der Waals surface area (Å²) in [6.07, 6.45) is 5.98. The molecule has 2 heterocycles. The number of likely N-dealkylation sites (tertiary alicyclic amines) is 1. The lowest BCUT2D eigenvalue weighted by molar-refractivity contribution is -0.111. The third kappa shape index (κ3) is 4.11. The van der Waals surface area contributed by atoms with Crippen LogP contribution in [0.25, 0.3) is 6.08 Å². The minimum Gasteiger partial charge on any atom is -0.339 e. The zero-order valence-electron chi connectivity index (χ0n) is 15.8. The molecule has 0 aliphatic carbocycles. The molecule has 0 bridgehead atoms. The topological polar surface area (TPSA) is 93.4 Å². The molecule has 0 spiro atoms. The smallest absolute Gasteiger partial charge is 0.330 e. The first-order chi connectivity index (χ1) is 13.4. The molecule has 3 rings (SSSR count). The van der Waals surface area contributed by atoms with Gasteiger partial charge in [0.15, 0.2) is 0 Å². The van der Waals surface area contributed by atoms with Crippen molar-refractivity contribution in [3.05, 3.63) is 68.5 Å². The highest BCUT2D eigenvalue weighted by Gasteiger charge is 2.19. The summed E-state index contributed by atoms with van der Waals surface area (Å²) in [6, 6.07) is 6.76. The number of carbonyl (C=O) groups excluding carboxylic acids is 2. The number of hydrogen-bond acceptors (Lipinski definition) is 4. The lowest BCUT2D eigenvalue weighted by Crippen LogP contribution is -2.37. The summed E-state index contributed by atoms with van der Waals surface area (Å²) in [6.45, 7) is 1.51. The van der Waals surface area contributed by atoms with Crippen LogP contribution >= 0.6 is 0 Å². The summed E-state index contributed by atoms with van der Waals surface area (Å²) in [5, 5.41) is 2.68. The molecule has 2 aromatic rings. The van der Waals surface area contributed by atoms with Crippen molar-refractivity contribution in [1.29, 1.82) is 0 Å². The Labute approximate surface area is 161 Å². The summed E-state index contributed by atoms with van der Waals surface area (Å²) in [4.78, 5) is 50.2. The highest BCUT2D eigenvalue weighted by molar-refractivity contribution is 6.03. The maximum Gasteiger partial charge on any atom is 0.330 e. The number of benzene rings is 1. The Balaban J connectivity index is 1.73. The molecule has 0 atom stereocenters. The maximum absolute atomic E-state index is 12.5. The van der Waals surface area contributed by atoms with E-state index in [1.807, 2.05) is 0 Å². The van der Waals surface area contributed by atoms with Crippen molar-refractivity contribution >= 4 is 23.6 Å². The molecular weight excluding hydrogens is 360 g/mol. The number of amides is 2. The monoisotopic (exact) mass is 382 g/mol.